The molecule has 1 N–H and O–H groups in total. The van der Waals surface area contributed by atoms with Gasteiger partial charge in [0, 0.05) is 7.05 Å². The Hall–Kier alpha value is -2.34. The number of rotatable bonds is 3. The molecule has 0 fully saturated rings. The van der Waals surface area contributed by atoms with Gasteiger partial charge in [0.1, 0.15) is 5.82 Å². The lowest BCUT2D eigenvalue weighted by molar-refractivity contribution is 0.601. The summed E-state index contributed by atoms with van der Waals surface area (Å²) in [4.78, 5) is 4.60. The molecule has 1 heterocycles. The van der Waals surface area contributed by atoms with Crippen molar-refractivity contribution in [2.24, 2.45) is 7.05 Å². The van der Waals surface area contributed by atoms with Crippen LogP contribution in [0.25, 0.3) is 11.0 Å². The SMILES string of the molecule is Cc1ccc(NS(=O)(=O)c2ccc3c(c2)nc(C)n3C)c(C)c1. The van der Waals surface area contributed by atoms with Gasteiger partial charge in [0.25, 0.3) is 10.0 Å². The molecule has 3 rings (SSSR count). The highest BCUT2D eigenvalue weighted by Gasteiger charge is 2.17. The van der Waals surface area contributed by atoms with E-state index in [1.807, 2.05) is 44.5 Å². The summed E-state index contributed by atoms with van der Waals surface area (Å²) in [5.41, 5.74) is 4.16. The molecule has 5 nitrogen and oxygen atoms in total. The van der Waals surface area contributed by atoms with Gasteiger partial charge in [0.15, 0.2) is 0 Å². The molecule has 1 aromatic heterocycles. The Morgan fingerprint density at radius 2 is 1.78 bits per heavy atom. The molecule has 0 aliphatic rings. The molecule has 0 radical (unpaired) electrons. The van der Waals surface area contributed by atoms with Crippen LogP contribution in [0.4, 0.5) is 5.69 Å². The predicted octanol–water partition coefficient (Wildman–Crippen LogP) is 3.30. The third-order valence-corrected chi connectivity index (χ3v) is 5.38. The first-order chi connectivity index (χ1) is 10.8. The summed E-state index contributed by atoms with van der Waals surface area (Å²) in [5.74, 6) is 0.844. The summed E-state index contributed by atoms with van der Waals surface area (Å²) in [7, 11) is -1.73. The first-order valence-electron chi connectivity index (χ1n) is 7.31. The number of fused-ring (bicyclic) bond motifs is 1. The summed E-state index contributed by atoms with van der Waals surface area (Å²) >= 11 is 0. The number of aryl methyl sites for hydroxylation is 4. The van der Waals surface area contributed by atoms with E-state index < -0.39 is 10.0 Å². The standard InChI is InChI=1S/C17H19N3O2S/c1-11-5-7-15(12(2)9-11)19-23(21,22)14-6-8-17-16(10-14)18-13(3)20(17)4/h5-10,19H,1-4H3. The number of aromatic nitrogens is 2. The Labute approximate surface area is 136 Å². The van der Waals surface area contributed by atoms with Crippen LogP contribution < -0.4 is 4.72 Å². The fourth-order valence-corrected chi connectivity index (χ4v) is 3.75. The second kappa shape index (κ2) is 5.38. The molecule has 0 aliphatic carbocycles. The monoisotopic (exact) mass is 329 g/mol. The molecule has 0 atom stereocenters. The summed E-state index contributed by atoms with van der Waals surface area (Å²) < 4.78 is 29.8. The van der Waals surface area contributed by atoms with Crippen LogP contribution in [0, 0.1) is 20.8 Å². The van der Waals surface area contributed by atoms with Gasteiger partial charge in [-0.25, -0.2) is 13.4 Å². The minimum Gasteiger partial charge on any atom is -0.331 e. The van der Waals surface area contributed by atoms with Crippen molar-refractivity contribution in [1.82, 2.24) is 9.55 Å². The van der Waals surface area contributed by atoms with Crippen LogP contribution in [0.15, 0.2) is 41.3 Å². The van der Waals surface area contributed by atoms with Crippen molar-refractivity contribution in [3.8, 4) is 0 Å². The Balaban J connectivity index is 2.02. The van der Waals surface area contributed by atoms with Crippen molar-refractivity contribution in [2.45, 2.75) is 25.7 Å². The minimum absolute atomic E-state index is 0.211. The van der Waals surface area contributed by atoms with Crippen LogP contribution in [0.2, 0.25) is 0 Å². The van der Waals surface area contributed by atoms with Gasteiger partial charge in [-0.05, 0) is 50.6 Å². The highest BCUT2D eigenvalue weighted by molar-refractivity contribution is 7.92. The van der Waals surface area contributed by atoms with Gasteiger partial charge in [0.2, 0.25) is 0 Å². The van der Waals surface area contributed by atoms with Crippen LogP contribution in [0.5, 0.6) is 0 Å². The number of nitrogens with one attached hydrogen (secondary N) is 1. The van der Waals surface area contributed by atoms with Crippen molar-refractivity contribution < 1.29 is 8.42 Å². The first kappa shape index (κ1) is 15.6. The van der Waals surface area contributed by atoms with E-state index in [0.717, 1.165) is 22.5 Å². The molecular weight excluding hydrogens is 310 g/mol. The second-order valence-electron chi connectivity index (χ2n) is 5.79. The highest BCUT2D eigenvalue weighted by atomic mass is 32.2. The molecule has 2 aromatic carbocycles. The molecule has 0 unspecified atom stereocenters. The fourth-order valence-electron chi connectivity index (χ4n) is 2.60. The Morgan fingerprint density at radius 1 is 1.04 bits per heavy atom. The lowest BCUT2D eigenvalue weighted by Crippen LogP contribution is -2.13. The molecule has 0 saturated carbocycles. The van der Waals surface area contributed by atoms with Crippen LogP contribution in [0.1, 0.15) is 17.0 Å². The average molecular weight is 329 g/mol. The molecular formula is C17H19N3O2S. The van der Waals surface area contributed by atoms with Gasteiger partial charge in [-0.3, -0.25) is 4.72 Å². The summed E-state index contributed by atoms with van der Waals surface area (Å²) in [6, 6.07) is 10.6. The highest BCUT2D eigenvalue weighted by Crippen LogP contribution is 2.23. The van der Waals surface area contributed by atoms with Gasteiger partial charge < -0.3 is 4.57 Å². The van der Waals surface area contributed by atoms with Crippen molar-refractivity contribution in [3.63, 3.8) is 0 Å². The minimum atomic E-state index is -3.64. The quantitative estimate of drug-likeness (QED) is 0.802. The van der Waals surface area contributed by atoms with E-state index in [-0.39, 0.29) is 4.90 Å². The third kappa shape index (κ3) is 2.82. The van der Waals surface area contributed by atoms with E-state index in [9.17, 15) is 8.42 Å². The van der Waals surface area contributed by atoms with E-state index in [2.05, 4.69) is 9.71 Å². The van der Waals surface area contributed by atoms with Crippen LogP contribution >= 0.6 is 0 Å². The fraction of sp³-hybridized carbons (Fsp3) is 0.235. The van der Waals surface area contributed by atoms with Crippen LogP contribution in [-0.4, -0.2) is 18.0 Å². The molecule has 3 aromatic rings. The topological polar surface area (TPSA) is 64.0 Å². The molecule has 0 amide bonds. The summed E-state index contributed by atoms with van der Waals surface area (Å²) in [5, 5.41) is 0. The lowest BCUT2D eigenvalue weighted by atomic mass is 10.1. The van der Waals surface area contributed by atoms with Crippen LogP contribution in [0.3, 0.4) is 0 Å². The number of nitrogens with zero attached hydrogens (tertiary/aromatic N) is 2. The van der Waals surface area contributed by atoms with Crippen molar-refractivity contribution in [2.75, 3.05) is 4.72 Å². The number of imidazole rings is 1. The second-order valence-corrected chi connectivity index (χ2v) is 7.47. The number of hydrogen-bond acceptors (Lipinski definition) is 3. The van der Waals surface area contributed by atoms with E-state index in [1.54, 1.807) is 24.3 Å². The first-order valence-corrected chi connectivity index (χ1v) is 8.79. The molecule has 0 aliphatic heterocycles. The summed E-state index contributed by atoms with van der Waals surface area (Å²) in [6.45, 7) is 5.75. The molecule has 23 heavy (non-hydrogen) atoms. The zero-order chi connectivity index (χ0) is 16.8. The number of hydrogen-bond donors (Lipinski definition) is 1. The maximum absolute atomic E-state index is 12.6. The molecule has 0 bridgehead atoms. The Morgan fingerprint density at radius 3 is 2.48 bits per heavy atom. The van der Waals surface area contributed by atoms with Gasteiger partial charge in [-0.1, -0.05) is 17.7 Å². The maximum Gasteiger partial charge on any atom is 0.261 e. The van der Waals surface area contributed by atoms with Gasteiger partial charge >= 0.3 is 0 Å². The number of sulfonamides is 1. The number of anilines is 1. The Bertz CT molecular complexity index is 1000. The van der Waals surface area contributed by atoms with Gasteiger partial charge in [0.05, 0.1) is 21.6 Å². The smallest absolute Gasteiger partial charge is 0.261 e. The van der Waals surface area contributed by atoms with Gasteiger partial charge in [-0.15, -0.1) is 0 Å². The lowest BCUT2D eigenvalue weighted by Gasteiger charge is -2.11. The van der Waals surface area contributed by atoms with Crippen molar-refractivity contribution in [3.05, 3.63) is 53.3 Å². The van der Waals surface area contributed by atoms with Crippen molar-refractivity contribution in [1.29, 1.82) is 0 Å². The maximum atomic E-state index is 12.6. The largest absolute Gasteiger partial charge is 0.331 e. The van der Waals surface area contributed by atoms with E-state index in [0.29, 0.717) is 11.2 Å². The third-order valence-electron chi connectivity index (χ3n) is 4.01. The number of benzene rings is 2. The van der Waals surface area contributed by atoms with Gasteiger partial charge in [-0.2, -0.15) is 0 Å². The average Bonchev–Trinajstić information content (AvgIpc) is 2.77. The zero-order valence-electron chi connectivity index (χ0n) is 13.6. The van der Waals surface area contributed by atoms with E-state index in [1.165, 1.54) is 0 Å². The normalized spacial score (nSPS) is 11.8. The molecule has 6 heteroatoms. The van der Waals surface area contributed by atoms with Crippen molar-refractivity contribution >= 4 is 26.7 Å². The molecule has 0 saturated heterocycles. The predicted molar refractivity (Wildman–Crippen MR) is 92.2 cm³/mol. The van der Waals surface area contributed by atoms with Crippen LogP contribution in [-0.2, 0) is 17.1 Å². The molecule has 0 spiro atoms. The Kier molecular flexibility index (Phi) is 3.64. The van der Waals surface area contributed by atoms with E-state index >= 15 is 0 Å². The van der Waals surface area contributed by atoms with E-state index in [4.69, 9.17) is 0 Å². The molecule has 120 valence electrons. The zero-order valence-corrected chi connectivity index (χ0v) is 14.4. The summed E-state index contributed by atoms with van der Waals surface area (Å²) in [6.07, 6.45) is 0.